The van der Waals surface area contributed by atoms with Crippen molar-refractivity contribution in [1.82, 2.24) is 4.98 Å². The van der Waals surface area contributed by atoms with Crippen molar-refractivity contribution in [1.29, 1.82) is 0 Å². The lowest BCUT2D eigenvalue weighted by Gasteiger charge is -1.99. The molecule has 0 aliphatic rings. The van der Waals surface area contributed by atoms with Gasteiger partial charge in [0, 0.05) is 6.42 Å². The Bertz CT molecular complexity index is 327. The van der Waals surface area contributed by atoms with Crippen LogP contribution in [0.2, 0.25) is 0 Å². The molecule has 0 aliphatic heterocycles. The maximum atomic E-state index is 11.1. The van der Waals surface area contributed by atoms with Crippen LogP contribution in [0.5, 0.6) is 0 Å². The highest BCUT2D eigenvalue weighted by atomic mass is 127. The number of carbonyl (C=O) groups is 1. The fourth-order valence-electron chi connectivity index (χ4n) is 0.958. The third kappa shape index (κ3) is 3.41. The zero-order valence-electron chi connectivity index (χ0n) is 7.75. The molecule has 78 valence electrons. The van der Waals surface area contributed by atoms with E-state index in [0.717, 1.165) is 8.58 Å². The lowest BCUT2D eigenvalue weighted by Crippen LogP contribution is -2.05. The molecule has 4 nitrogen and oxygen atoms in total. The Kier molecular flexibility index (Phi) is 4.59. The number of aromatic nitrogens is 1. The number of aryl methyl sites for hydroxylation is 1. The maximum absolute atomic E-state index is 11.1. The Hall–Kier alpha value is -0.370. The summed E-state index contributed by atoms with van der Waals surface area (Å²) in [6.07, 6.45) is 0.970. The normalized spacial score (nSPS) is 10.1. The van der Waals surface area contributed by atoms with Gasteiger partial charge in [0.25, 0.3) is 0 Å². The van der Waals surface area contributed by atoms with Crippen molar-refractivity contribution in [2.45, 2.75) is 19.8 Å². The number of rotatable bonds is 4. The number of esters is 1. The van der Waals surface area contributed by atoms with Crippen LogP contribution >= 0.6 is 33.9 Å². The van der Waals surface area contributed by atoms with E-state index in [1.54, 1.807) is 6.92 Å². The first-order valence-corrected chi connectivity index (χ1v) is 6.09. The Morgan fingerprint density at radius 1 is 1.71 bits per heavy atom. The predicted octanol–water partition coefficient (Wildman–Crippen LogP) is 1.83. The van der Waals surface area contributed by atoms with Crippen molar-refractivity contribution >= 4 is 45.0 Å². The van der Waals surface area contributed by atoms with E-state index in [2.05, 4.69) is 27.6 Å². The van der Waals surface area contributed by atoms with Crippen LogP contribution < -0.4 is 5.73 Å². The summed E-state index contributed by atoms with van der Waals surface area (Å²) >= 11 is 3.61. The van der Waals surface area contributed by atoms with Gasteiger partial charge in [0.05, 0.1) is 21.6 Å². The minimum Gasteiger partial charge on any atom is -0.466 e. The number of nitrogens with zero attached hydrogens (tertiary/aromatic N) is 1. The molecule has 0 atom stereocenters. The molecular weight excluding hydrogens is 315 g/mol. The number of halogens is 1. The average Bonchev–Trinajstić information content (AvgIpc) is 2.42. The Morgan fingerprint density at radius 3 is 2.93 bits per heavy atom. The number of carbonyl (C=O) groups excluding carboxylic acids is 1. The van der Waals surface area contributed by atoms with Crippen LogP contribution in [0.4, 0.5) is 5.13 Å². The number of thiazole rings is 1. The summed E-state index contributed by atoms with van der Waals surface area (Å²) in [5.41, 5.74) is 6.42. The highest BCUT2D eigenvalue weighted by Gasteiger charge is 2.09. The molecule has 0 spiro atoms. The van der Waals surface area contributed by atoms with E-state index in [9.17, 15) is 4.79 Å². The summed E-state index contributed by atoms with van der Waals surface area (Å²) in [6, 6.07) is 0. The van der Waals surface area contributed by atoms with Crippen molar-refractivity contribution in [3.8, 4) is 0 Å². The highest BCUT2D eigenvalue weighted by Crippen LogP contribution is 2.23. The maximum Gasteiger partial charge on any atom is 0.306 e. The standard InChI is InChI=1S/C8H11IN2O2S/c1-2-13-6(12)4-3-5-7(9)14-8(10)11-5/h2-4H2,1H3,(H2,10,11). The van der Waals surface area contributed by atoms with Crippen LogP contribution in [0.15, 0.2) is 0 Å². The molecule has 0 radical (unpaired) electrons. The smallest absolute Gasteiger partial charge is 0.306 e. The van der Waals surface area contributed by atoms with Gasteiger partial charge >= 0.3 is 5.97 Å². The van der Waals surface area contributed by atoms with Gasteiger partial charge in [-0.05, 0) is 29.5 Å². The summed E-state index contributed by atoms with van der Waals surface area (Å²) in [5, 5.41) is 0.549. The molecule has 0 fully saturated rings. The van der Waals surface area contributed by atoms with Gasteiger partial charge in [0.2, 0.25) is 0 Å². The SMILES string of the molecule is CCOC(=O)CCc1nc(N)sc1I. The number of hydrogen-bond donors (Lipinski definition) is 1. The van der Waals surface area contributed by atoms with Gasteiger partial charge in [-0.3, -0.25) is 4.79 Å². The largest absolute Gasteiger partial charge is 0.466 e. The molecular formula is C8H11IN2O2S. The van der Waals surface area contributed by atoms with Gasteiger partial charge in [0.15, 0.2) is 5.13 Å². The quantitative estimate of drug-likeness (QED) is 0.677. The van der Waals surface area contributed by atoms with Gasteiger partial charge in [-0.15, -0.1) is 0 Å². The molecule has 2 N–H and O–H groups in total. The Morgan fingerprint density at radius 2 is 2.43 bits per heavy atom. The second-order valence-electron chi connectivity index (χ2n) is 2.58. The van der Waals surface area contributed by atoms with Gasteiger partial charge in [-0.1, -0.05) is 11.3 Å². The summed E-state index contributed by atoms with van der Waals surface area (Å²) in [7, 11) is 0. The number of nitrogens with two attached hydrogens (primary N) is 1. The molecule has 0 saturated heterocycles. The van der Waals surface area contributed by atoms with E-state index in [4.69, 9.17) is 10.5 Å². The fraction of sp³-hybridized carbons (Fsp3) is 0.500. The van der Waals surface area contributed by atoms with Crippen molar-refractivity contribution in [2.24, 2.45) is 0 Å². The molecule has 0 amide bonds. The van der Waals surface area contributed by atoms with Crippen molar-refractivity contribution in [3.63, 3.8) is 0 Å². The monoisotopic (exact) mass is 326 g/mol. The summed E-state index contributed by atoms with van der Waals surface area (Å²) in [5.74, 6) is -0.185. The van der Waals surface area contributed by atoms with E-state index in [1.165, 1.54) is 11.3 Å². The second kappa shape index (κ2) is 5.50. The van der Waals surface area contributed by atoms with Crippen LogP contribution in [0.25, 0.3) is 0 Å². The third-order valence-corrected chi connectivity index (χ3v) is 3.54. The molecule has 1 aromatic heterocycles. The van der Waals surface area contributed by atoms with Crippen LogP contribution in [-0.2, 0) is 16.0 Å². The van der Waals surface area contributed by atoms with E-state index >= 15 is 0 Å². The zero-order valence-corrected chi connectivity index (χ0v) is 10.7. The molecule has 6 heteroatoms. The first-order chi connectivity index (χ1) is 6.63. The van der Waals surface area contributed by atoms with E-state index in [-0.39, 0.29) is 5.97 Å². The molecule has 0 unspecified atom stereocenters. The lowest BCUT2D eigenvalue weighted by atomic mass is 10.2. The number of ether oxygens (including phenoxy) is 1. The molecule has 0 saturated carbocycles. The van der Waals surface area contributed by atoms with Crippen molar-refractivity contribution < 1.29 is 9.53 Å². The Balaban J connectivity index is 2.45. The third-order valence-electron chi connectivity index (χ3n) is 1.54. The molecule has 0 bridgehead atoms. The fourth-order valence-corrected chi connectivity index (χ4v) is 2.63. The molecule has 0 aliphatic carbocycles. The summed E-state index contributed by atoms with van der Waals surface area (Å²) in [6.45, 7) is 2.22. The number of hydrogen-bond acceptors (Lipinski definition) is 5. The molecule has 1 aromatic rings. The van der Waals surface area contributed by atoms with Crippen molar-refractivity contribution in [2.75, 3.05) is 12.3 Å². The first kappa shape index (κ1) is 11.7. The first-order valence-electron chi connectivity index (χ1n) is 4.19. The minimum absolute atomic E-state index is 0.185. The van der Waals surface area contributed by atoms with Gasteiger partial charge in [-0.25, -0.2) is 4.98 Å². The van der Waals surface area contributed by atoms with E-state index < -0.39 is 0 Å². The molecule has 1 heterocycles. The van der Waals surface area contributed by atoms with Crippen LogP contribution in [0, 0.1) is 2.88 Å². The van der Waals surface area contributed by atoms with Gasteiger partial charge < -0.3 is 10.5 Å². The lowest BCUT2D eigenvalue weighted by molar-refractivity contribution is -0.143. The minimum atomic E-state index is -0.185. The van der Waals surface area contributed by atoms with Crippen LogP contribution in [0.1, 0.15) is 19.0 Å². The van der Waals surface area contributed by atoms with Gasteiger partial charge in [-0.2, -0.15) is 0 Å². The Labute approximate surface area is 100.0 Å². The number of nitrogen functional groups attached to an aromatic ring is 1. The molecule has 0 aromatic carbocycles. The topological polar surface area (TPSA) is 65.2 Å². The predicted molar refractivity (Wildman–Crippen MR) is 64.2 cm³/mol. The summed E-state index contributed by atoms with van der Waals surface area (Å²) in [4.78, 5) is 15.2. The summed E-state index contributed by atoms with van der Waals surface area (Å²) < 4.78 is 5.86. The molecule has 14 heavy (non-hydrogen) atoms. The molecule has 1 rings (SSSR count). The second-order valence-corrected chi connectivity index (χ2v) is 5.42. The zero-order chi connectivity index (χ0) is 10.6. The van der Waals surface area contributed by atoms with E-state index in [0.29, 0.717) is 24.6 Å². The van der Waals surface area contributed by atoms with Crippen LogP contribution in [-0.4, -0.2) is 17.6 Å². The van der Waals surface area contributed by atoms with Crippen LogP contribution in [0.3, 0.4) is 0 Å². The number of anilines is 1. The van der Waals surface area contributed by atoms with Gasteiger partial charge in [0.1, 0.15) is 0 Å². The average molecular weight is 326 g/mol. The van der Waals surface area contributed by atoms with Crippen molar-refractivity contribution in [3.05, 3.63) is 8.58 Å². The highest BCUT2D eigenvalue weighted by molar-refractivity contribution is 14.1. The van der Waals surface area contributed by atoms with E-state index in [1.807, 2.05) is 0 Å².